The summed E-state index contributed by atoms with van der Waals surface area (Å²) in [7, 11) is 0. The molecule has 11 heteroatoms. The van der Waals surface area contributed by atoms with Gasteiger partial charge in [0.05, 0.1) is 17.3 Å². The number of fused-ring (bicyclic) bond motifs is 1. The molecule has 10 nitrogen and oxygen atoms in total. The van der Waals surface area contributed by atoms with Crippen LogP contribution in [-0.2, 0) is 17.9 Å². The van der Waals surface area contributed by atoms with E-state index in [-0.39, 0.29) is 18.4 Å². The fraction of sp³-hybridized carbons (Fsp3) is 0.105. The number of aromatic nitrogens is 4. The highest BCUT2D eigenvalue weighted by Gasteiger charge is 2.15. The first-order valence-corrected chi connectivity index (χ1v) is 9.54. The second kappa shape index (κ2) is 7.79. The average molecular weight is 424 g/mol. The van der Waals surface area contributed by atoms with E-state index in [1.165, 1.54) is 23.9 Å². The van der Waals surface area contributed by atoms with Crippen molar-refractivity contribution in [2.75, 3.05) is 11.5 Å². The molecule has 0 fully saturated rings. The van der Waals surface area contributed by atoms with Crippen LogP contribution < -0.4 is 21.8 Å². The van der Waals surface area contributed by atoms with Gasteiger partial charge >= 0.3 is 5.97 Å². The predicted molar refractivity (Wildman–Crippen MR) is 112 cm³/mol. The minimum absolute atomic E-state index is 0.0861. The van der Waals surface area contributed by atoms with E-state index in [0.29, 0.717) is 21.5 Å². The van der Waals surface area contributed by atoms with Gasteiger partial charge in [0.15, 0.2) is 0 Å². The Kier molecular flexibility index (Phi) is 5.02. The molecule has 0 unspecified atom stereocenters. The number of carboxylic acids is 1. The number of aliphatic carboxylic acids is 1. The van der Waals surface area contributed by atoms with Crippen LogP contribution in [0.2, 0.25) is 0 Å². The largest absolute Gasteiger partial charge is 0.488 e. The van der Waals surface area contributed by atoms with Crippen LogP contribution in [0.15, 0.2) is 47.7 Å². The third-order valence-corrected chi connectivity index (χ3v) is 5.35. The standard InChI is InChI=1S/C19H16N6O4S/c20-16-10(6-22-19(21)24-16)8-29-13-4-2-1-3-11(13)14-5-12-17(30-14)23-9-25(18(12)28)7-15(26)27/h1-6,9H,7-8H2,(H,26,27)(H4,20,21,22,24). The number of nitrogens with two attached hydrogens (primary N) is 2. The Morgan fingerprint density at radius 2 is 2.03 bits per heavy atom. The molecule has 0 aliphatic heterocycles. The van der Waals surface area contributed by atoms with E-state index < -0.39 is 18.1 Å². The lowest BCUT2D eigenvalue weighted by Gasteiger charge is -2.11. The number of carboxylic acid groups (broad SMARTS) is 1. The first-order valence-electron chi connectivity index (χ1n) is 8.72. The van der Waals surface area contributed by atoms with Gasteiger partial charge in [0, 0.05) is 16.6 Å². The van der Waals surface area contributed by atoms with Crippen molar-refractivity contribution >= 4 is 39.3 Å². The summed E-state index contributed by atoms with van der Waals surface area (Å²) in [5, 5.41) is 9.30. The van der Waals surface area contributed by atoms with Crippen molar-refractivity contribution in [2.24, 2.45) is 0 Å². The van der Waals surface area contributed by atoms with Crippen LogP contribution in [0.5, 0.6) is 5.75 Å². The number of nitrogen functional groups attached to an aromatic ring is 2. The summed E-state index contributed by atoms with van der Waals surface area (Å²) in [5.41, 5.74) is 12.3. The molecule has 3 heterocycles. The fourth-order valence-corrected chi connectivity index (χ4v) is 3.87. The highest BCUT2D eigenvalue weighted by Crippen LogP contribution is 2.37. The van der Waals surface area contributed by atoms with Gasteiger partial charge in [-0.2, -0.15) is 4.98 Å². The van der Waals surface area contributed by atoms with Crippen LogP contribution in [0.3, 0.4) is 0 Å². The van der Waals surface area contributed by atoms with E-state index in [0.717, 1.165) is 15.0 Å². The summed E-state index contributed by atoms with van der Waals surface area (Å²) in [5.74, 6) is -0.211. The molecular formula is C19H16N6O4S. The van der Waals surface area contributed by atoms with Gasteiger partial charge < -0.3 is 21.3 Å². The van der Waals surface area contributed by atoms with Gasteiger partial charge in [0.25, 0.3) is 5.56 Å². The Morgan fingerprint density at radius 3 is 2.80 bits per heavy atom. The van der Waals surface area contributed by atoms with Crippen molar-refractivity contribution in [3.63, 3.8) is 0 Å². The van der Waals surface area contributed by atoms with Crippen LogP contribution in [0, 0.1) is 0 Å². The van der Waals surface area contributed by atoms with Crippen molar-refractivity contribution in [2.45, 2.75) is 13.2 Å². The first-order chi connectivity index (χ1) is 14.4. The molecule has 4 rings (SSSR count). The Hall–Kier alpha value is -3.99. The number of benzene rings is 1. The zero-order valence-electron chi connectivity index (χ0n) is 15.5. The normalized spacial score (nSPS) is 10.9. The van der Waals surface area contributed by atoms with Crippen molar-refractivity contribution in [1.82, 2.24) is 19.5 Å². The van der Waals surface area contributed by atoms with Crippen molar-refractivity contribution in [1.29, 1.82) is 0 Å². The maximum atomic E-state index is 12.6. The molecule has 5 N–H and O–H groups in total. The van der Waals surface area contributed by atoms with Crippen molar-refractivity contribution in [3.05, 3.63) is 58.8 Å². The topological polar surface area (TPSA) is 159 Å². The lowest BCUT2D eigenvalue weighted by molar-refractivity contribution is -0.137. The molecule has 0 bridgehead atoms. The van der Waals surface area contributed by atoms with E-state index in [9.17, 15) is 9.59 Å². The summed E-state index contributed by atoms with van der Waals surface area (Å²) in [6.07, 6.45) is 2.75. The van der Waals surface area contributed by atoms with E-state index in [4.69, 9.17) is 21.3 Å². The number of rotatable bonds is 6. The predicted octanol–water partition coefficient (Wildman–Crippen LogP) is 1.74. The van der Waals surface area contributed by atoms with E-state index in [2.05, 4.69) is 15.0 Å². The Bertz CT molecular complexity index is 1320. The number of para-hydroxylation sites is 1. The zero-order valence-corrected chi connectivity index (χ0v) is 16.3. The highest BCUT2D eigenvalue weighted by atomic mass is 32.1. The summed E-state index contributed by atoms with van der Waals surface area (Å²) in [4.78, 5) is 36.8. The smallest absolute Gasteiger partial charge is 0.323 e. The molecule has 4 aromatic rings. The molecule has 152 valence electrons. The lowest BCUT2D eigenvalue weighted by Crippen LogP contribution is -2.23. The van der Waals surface area contributed by atoms with Gasteiger partial charge in [0.1, 0.15) is 29.5 Å². The van der Waals surface area contributed by atoms with Gasteiger partial charge in [-0.15, -0.1) is 11.3 Å². The maximum Gasteiger partial charge on any atom is 0.323 e. The molecule has 3 aromatic heterocycles. The molecule has 0 radical (unpaired) electrons. The quantitative estimate of drug-likeness (QED) is 0.419. The lowest BCUT2D eigenvalue weighted by atomic mass is 10.1. The monoisotopic (exact) mass is 424 g/mol. The van der Waals surface area contributed by atoms with E-state index in [1.807, 2.05) is 18.2 Å². The van der Waals surface area contributed by atoms with Gasteiger partial charge in [-0.1, -0.05) is 12.1 Å². The molecule has 0 saturated carbocycles. The van der Waals surface area contributed by atoms with Gasteiger partial charge in [-0.3, -0.25) is 14.2 Å². The highest BCUT2D eigenvalue weighted by molar-refractivity contribution is 7.21. The molecule has 0 aliphatic rings. The Labute approximate surface area is 173 Å². The molecule has 0 spiro atoms. The molecule has 0 amide bonds. The number of nitrogens with zero attached hydrogens (tertiary/aromatic N) is 4. The summed E-state index contributed by atoms with van der Waals surface area (Å²) in [6.45, 7) is -0.310. The fourth-order valence-electron chi connectivity index (χ4n) is 2.85. The van der Waals surface area contributed by atoms with Crippen LogP contribution in [-0.4, -0.2) is 30.6 Å². The molecule has 0 aliphatic carbocycles. The van der Waals surface area contributed by atoms with Crippen LogP contribution in [0.1, 0.15) is 5.56 Å². The van der Waals surface area contributed by atoms with Crippen molar-refractivity contribution < 1.29 is 14.6 Å². The second-order valence-corrected chi connectivity index (χ2v) is 7.36. The van der Waals surface area contributed by atoms with Gasteiger partial charge in [0.2, 0.25) is 5.95 Å². The minimum Gasteiger partial charge on any atom is -0.488 e. The van der Waals surface area contributed by atoms with E-state index in [1.54, 1.807) is 12.1 Å². The molecular weight excluding hydrogens is 408 g/mol. The molecule has 30 heavy (non-hydrogen) atoms. The third kappa shape index (κ3) is 3.78. The van der Waals surface area contributed by atoms with Crippen LogP contribution in [0.25, 0.3) is 20.7 Å². The maximum absolute atomic E-state index is 12.6. The van der Waals surface area contributed by atoms with Crippen molar-refractivity contribution in [3.8, 4) is 16.2 Å². The summed E-state index contributed by atoms with van der Waals surface area (Å²) >= 11 is 1.32. The van der Waals surface area contributed by atoms with Gasteiger partial charge in [-0.25, -0.2) is 9.97 Å². The number of ether oxygens (including phenoxy) is 1. The molecule has 0 atom stereocenters. The second-order valence-electron chi connectivity index (χ2n) is 6.32. The number of carbonyl (C=O) groups is 1. The van der Waals surface area contributed by atoms with E-state index >= 15 is 0 Å². The Balaban J connectivity index is 1.68. The number of thiophene rings is 1. The SMILES string of the molecule is Nc1ncc(COc2ccccc2-c2cc3c(=O)n(CC(=O)O)cnc3s2)c(N)n1. The zero-order chi connectivity index (χ0) is 21.3. The molecule has 1 aromatic carbocycles. The number of hydrogen-bond acceptors (Lipinski definition) is 9. The van der Waals surface area contributed by atoms with Crippen LogP contribution in [0.4, 0.5) is 11.8 Å². The summed E-state index contributed by atoms with van der Waals surface area (Å²) in [6, 6.07) is 9.02. The minimum atomic E-state index is -1.11. The summed E-state index contributed by atoms with van der Waals surface area (Å²) < 4.78 is 6.99. The first kappa shape index (κ1) is 19.3. The third-order valence-electron chi connectivity index (χ3n) is 4.28. The average Bonchev–Trinajstić information content (AvgIpc) is 3.14. The van der Waals surface area contributed by atoms with Crippen LogP contribution >= 0.6 is 11.3 Å². The number of hydrogen-bond donors (Lipinski definition) is 3. The van der Waals surface area contributed by atoms with Gasteiger partial charge in [-0.05, 0) is 18.2 Å². The Morgan fingerprint density at radius 1 is 1.23 bits per heavy atom. The number of anilines is 2. The molecule has 0 saturated heterocycles.